The highest BCUT2D eigenvalue weighted by Gasteiger charge is 2.24. The van der Waals surface area contributed by atoms with E-state index < -0.39 is 0 Å². The van der Waals surface area contributed by atoms with Gasteiger partial charge in [0.25, 0.3) is 0 Å². The van der Waals surface area contributed by atoms with Crippen LogP contribution in [0.3, 0.4) is 0 Å². The number of hydrogen-bond acceptors (Lipinski definition) is 3. The second-order valence-electron chi connectivity index (χ2n) is 4.73. The Labute approximate surface area is 98.0 Å². The highest BCUT2D eigenvalue weighted by Crippen LogP contribution is 2.20. The molecule has 0 radical (unpaired) electrons. The van der Waals surface area contributed by atoms with Crippen molar-refractivity contribution in [2.45, 2.75) is 38.8 Å². The number of hydrogen-bond donors (Lipinski definition) is 1. The Morgan fingerprint density at radius 3 is 2.69 bits per heavy atom. The molecule has 0 saturated heterocycles. The lowest BCUT2D eigenvalue weighted by Gasteiger charge is -2.30. The van der Waals surface area contributed by atoms with Gasteiger partial charge in [-0.2, -0.15) is 5.10 Å². The largest absolute Gasteiger partial charge is 0.383 e. The number of aromatic nitrogens is 2. The predicted molar refractivity (Wildman–Crippen MR) is 65.3 cm³/mol. The van der Waals surface area contributed by atoms with Crippen LogP contribution in [-0.4, -0.2) is 29.5 Å². The standard InChI is InChI=1S/C12H23N3O/c1-6-11(9-16-5)14-12(2,3)10-7-13-15(4)8-10/h7-8,11,14H,6,9H2,1-5H3. The molecule has 4 heteroatoms. The topological polar surface area (TPSA) is 39.1 Å². The molecule has 1 unspecified atom stereocenters. The molecular formula is C12H23N3O. The van der Waals surface area contributed by atoms with Gasteiger partial charge in [0.1, 0.15) is 0 Å². The van der Waals surface area contributed by atoms with Crippen molar-refractivity contribution in [1.82, 2.24) is 15.1 Å². The first-order chi connectivity index (χ1) is 7.49. The van der Waals surface area contributed by atoms with Gasteiger partial charge in [0.05, 0.1) is 12.8 Å². The fourth-order valence-electron chi connectivity index (χ4n) is 1.80. The van der Waals surface area contributed by atoms with Crippen molar-refractivity contribution in [2.24, 2.45) is 7.05 Å². The SMILES string of the molecule is CCC(COC)NC(C)(C)c1cnn(C)c1. The van der Waals surface area contributed by atoms with E-state index in [4.69, 9.17) is 4.74 Å². The van der Waals surface area contributed by atoms with Crippen molar-refractivity contribution in [3.05, 3.63) is 18.0 Å². The summed E-state index contributed by atoms with van der Waals surface area (Å²) < 4.78 is 7.03. The van der Waals surface area contributed by atoms with Crippen LogP contribution in [0.5, 0.6) is 0 Å². The quantitative estimate of drug-likeness (QED) is 0.800. The maximum absolute atomic E-state index is 5.20. The summed E-state index contributed by atoms with van der Waals surface area (Å²) in [5, 5.41) is 7.80. The van der Waals surface area contributed by atoms with Crippen LogP contribution >= 0.6 is 0 Å². The van der Waals surface area contributed by atoms with Gasteiger partial charge in [-0.05, 0) is 20.3 Å². The third-order valence-electron chi connectivity index (χ3n) is 2.85. The number of nitrogens with zero attached hydrogens (tertiary/aromatic N) is 2. The Kier molecular flexibility index (Phi) is 4.50. The molecule has 1 atom stereocenters. The zero-order valence-electron chi connectivity index (χ0n) is 10.9. The van der Waals surface area contributed by atoms with Crippen LogP contribution in [-0.2, 0) is 17.3 Å². The van der Waals surface area contributed by atoms with E-state index in [0.29, 0.717) is 6.04 Å². The first kappa shape index (κ1) is 13.2. The van der Waals surface area contributed by atoms with Crippen molar-refractivity contribution in [1.29, 1.82) is 0 Å². The average molecular weight is 225 g/mol. The second-order valence-corrected chi connectivity index (χ2v) is 4.73. The second kappa shape index (κ2) is 5.46. The van der Waals surface area contributed by atoms with E-state index in [0.717, 1.165) is 13.0 Å². The smallest absolute Gasteiger partial charge is 0.0616 e. The first-order valence-electron chi connectivity index (χ1n) is 5.75. The van der Waals surface area contributed by atoms with Crippen LogP contribution in [0.1, 0.15) is 32.8 Å². The maximum atomic E-state index is 5.20. The van der Waals surface area contributed by atoms with Crippen LogP contribution in [0.4, 0.5) is 0 Å². The van der Waals surface area contributed by atoms with Crippen LogP contribution < -0.4 is 5.32 Å². The molecule has 92 valence electrons. The van der Waals surface area contributed by atoms with Crippen molar-refractivity contribution in [3.8, 4) is 0 Å². The van der Waals surface area contributed by atoms with E-state index in [1.54, 1.807) is 7.11 Å². The number of aryl methyl sites for hydroxylation is 1. The van der Waals surface area contributed by atoms with E-state index in [-0.39, 0.29) is 5.54 Å². The predicted octanol–water partition coefficient (Wildman–Crippen LogP) is 1.67. The van der Waals surface area contributed by atoms with Gasteiger partial charge in [-0.1, -0.05) is 6.92 Å². The minimum absolute atomic E-state index is 0.0759. The Balaban J connectivity index is 2.69. The summed E-state index contributed by atoms with van der Waals surface area (Å²) in [6.07, 6.45) is 5.01. The molecule has 0 spiro atoms. The van der Waals surface area contributed by atoms with Crippen LogP contribution in [0.15, 0.2) is 12.4 Å². The summed E-state index contributed by atoms with van der Waals surface area (Å²) >= 11 is 0. The molecule has 0 bridgehead atoms. The molecule has 0 aliphatic rings. The monoisotopic (exact) mass is 225 g/mol. The summed E-state index contributed by atoms with van der Waals surface area (Å²) in [5.41, 5.74) is 1.12. The van der Waals surface area contributed by atoms with Crippen LogP contribution in [0, 0.1) is 0 Å². The molecule has 0 amide bonds. The van der Waals surface area contributed by atoms with E-state index >= 15 is 0 Å². The number of nitrogens with one attached hydrogen (secondary N) is 1. The van der Waals surface area contributed by atoms with E-state index in [2.05, 4.69) is 31.2 Å². The summed E-state index contributed by atoms with van der Waals surface area (Å²) in [6.45, 7) is 7.24. The molecular weight excluding hydrogens is 202 g/mol. The highest BCUT2D eigenvalue weighted by molar-refractivity contribution is 5.15. The maximum Gasteiger partial charge on any atom is 0.0616 e. The van der Waals surface area contributed by atoms with E-state index in [1.807, 2.05) is 24.1 Å². The van der Waals surface area contributed by atoms with E-state index in [1.165, 1.54) is 5.56 Å². The van der Waals surface area contributed by atoms with Gasteiger partial charge in [-0.3, -0.25) is 4.68 Å². The molecule has 1 heterocycles. The minimum Gasteiger partial charge on any atom is -0.383 e. The summed E-state index contributed by atoms with van der Waals surface area (Å²) in [7, 11) is 3.67. The Morgan fingerprint density at radius 1 is 1.56 bits per heavy atom. The third kappa shape index (κ3) is 3.32. The lowest BCUT2D eigenvalue weighted by molar-refractivity contribution is 0.147. The zero-order chi connectivity index (χ0) is 12.2. The van der Waals surface area contributed by atoms with E-state index in [9.17, 15) is 0 Å². The molecule has 0 aliphatic carbocycles. The lowest BCUT2D eigenvalue weighted by Crippen LogP contribution is -2.45. The normalized spacial score (nSPS) is 14.1. The molecule has 4 nitrogen and oxygen atoms in total. The van der Waals surface area contributed by atoms with Gasteiger partial charge in [-0.25, -0.2) is 0 Å². The van der Waals surface area contributed by atoms with Gasteiger partial charge in [0, 0.05) is 37.5 Å². The highest BCUT2D eigenvalue weighted by atomic mass is 16.5. The minimum atomic E-state index is -0.0759. The number of methoxy groups -OCH3 is 1. The summed E-state index contributed by atoms with van der Waals surface area (Å²) in [5.74, 6) is 0. The van der Waals surface area contributed by atoms with Crippen molar-refractivity contribution >= 4 is 0 Å². The van der Waals surface area contributed by atoms with Crippen LogP contribution in [0.2, 0.25) is 0 Å². The Hall–Kier alpha value is -0.870. The molecule has 1 aromatic heterocycles. The third-order valence-corrected chi connectivity index (χ3v) is 2.85. The molecule has 0 aromatic carbocycles. The van der Waals surface area contributed by atoms with Gasteiger partial charge < -0.3 is 10.1 Å². The molecule has 0 aliphatic heterocycles. The lowest BCUT2D eigenvalue weighted by atomic mass is 9.96. The number of rotatable bonds is 6. The molecule has 0 fully saturated rings. The molecule has 1 N–H and O–H groups in total. The van der Waals surface area contributed by atoms with Gasteiger partial charge in [0.15, 0.2) is 0 Å². The van der Waals surface area contributed by atoms with Crippen molar-refractivity contribution in [2.75, 3.05) is 13.7 Å². The van der Waals surface area contributed by atoms with Crippen molar-refractivity contribution < 1.29 is 4.74 Å². The molecule has 1 aromatic rings. The van der Waals surface area contributed by atoms with Crippen LogP contribution in [0.25, 0.3) is 0 Å². The van der Waals surface area contributed by atoms with Gasteiger partial charge in [0.2, 0.25) is 0 Å². The molecule has 16 heavy (non-hydrogen) atoms. The Bertz CT molecular complexity index is 320. The Morgan fingerprint density at radius 2 is 2.25 bits per heavy atom. The first-order valence-corrected chi connectivity index (χ1v) is 5.75. The molecule has 0 saturated carbocycles. The summed E-state index contributed by atoms with van der Waals surface area (Å²) in [6, 6.07) is 0.375. The zero-order valence-corrected chi connectivity index (χ0v) is 10.9. The van der Waals surface area contributed by atoms with Gasteiger partial charge >= 0.3 is 0 Å². The van der Waals surface area contributed by atoms with Crippen molar-refractivity contribution in [3.63, 3.8) is 0 Å². The fraction of sp³-hybridized carbons (Fsp3) is 0.750. The average Bonchev–Trinajstić information content (AvgIpc) is 2.64. The number of ether oxygens (including phenoxy) is 1. The fourth-order valence-corrected chi connectivity index (χ4v) is 1.80. The molecule has 1 rings (SSSR count). The summed E-state index contributed by atoms with van der Waals surface area (Å²) in [4.78, 5) is 0. The van der Waals surface area contributed by atoms with Gasteiger partial charge in [-0.15, -0.1) is 0 Å².